The number of carbonyl (C=O) groups is 1. The quantitative estimate of drug-likeness (QED) is 0.749. The molecule has 0 aliphatic heterocycles. The van der Waals surface area contributed by atoms with Gasteiger partial charge in [-0.1, -0.05) is 44.2 Å². The molecule has 2 aromatic rings. The number of aryl methyl sites for hydroxylation is 1. The first-order valence-electron chi connectivity index (χ1n) is 8.80. The number of sulfonamides is 1. The summed E-state index contributed by atoms with van der Waals surface area (Å²) in [4.78, 5) is 12.7. The molecule has 0 saturated carbocycles. The molecule has 0 bridgehead atoms. The van der Waals surface area contributed by atoms with Gasteiger partial charge in [0.25, 0.3) is 10.0 Å². The highest BCUT2D eigenvalue weighted by Gasteiger charge is 2.47. The molecule has 2 N–H and O–H groups in total. The first-order chi connectivity index (χ1) is 12.8. The molecule has 0 aliphatic rings. The summed E-state index contributed by atoms with van der Waals surface area (Å²) >= 11 is 0. The summed E-state index contributed by atoms with van der Waals surface area (Å²) in [5.74, 6) is -0.349. The zero-order chi connectivity index (χ0) is 20.2. The topological polar surface area (TPSA) is 89.7 Å². The minimum Gasteiger partial charge on any atom is -0.495 e. The highest BCUT2D eigenvalue weighted by atomic mass is 32.2. The van der Waals surface area contributed by atoms with Gasteiger partial charge in [-0.15, -0.1) is 0 Å². The summed E-state index contributed by atoms with van der Waals surface area (Å²) in [5, 5.41) is 0. The predicted octanol–water partition coefficient (Wildman–Crippen LogP) is 3.24. The number of nitrogens with zero attached hydrogens (tertiary/aromatic N) is 1. The van der Waals surface area contributed by atoms with Crippen LogP contribution in [0.1, 0.15) is 32.3 Å². The Kier molecular flexibility index (Phi) is 6.15. The Labute approximate surface area is 161 Å². The molecule has 0 fully saturated rings. The van der Waals surface area contributed by atoms with Crippen molar-refractivity contribution < 1.29 is 17.9 Å². The second-order valence-corrected chi connectivity index (χ2v) is 8.06. The van der Waals surface area contributed by atoms with Gasteiger partial charge in [-0.05, 0) is 43.5 Å². The number of rotatable bonds is 8. The Morgan fingerprint density at radius 1 is 1.07 bits per heavy atom. The van der Waals surface area contributed by atoms with Crippen molar-refractivity contribution in [2.75, 3.05) is 11.4 Å². The van der Waals surface area contributed by atoms with Crippen molar-refractivity contribution >= 4 is 21.6 Å². The molecule has 0 aromatic heterocycles. The second kappa shape index (κ2) is 8.00. The van der Waals surface area contributed by atoms with Crippen molar-refractivity contribution in [2.24, 2.45) is 5.73 Å². The Hall–Kier alpha value is -2.54. The smallest absolute Gasteiger partial charge is 0.265 e. The van der Waals surface area contributed by atoms with Crippen molar-refractivity contribution in [3.05, 3.63) is 54.1 Å². The van der Waals surface area contributed by atoms with Crippen LogP contribution in [0.3, 0.4) is 0 Å². The van der Waals surface area contributed by atoms with E-state index >= 15 is 0 Å². The summed E-state index contributed by atoms with van der Waals surface area (Å²) in [6, 6.07) is 13.4. The Balaban J connectivity index is 2.90. The van der Waals surface area contributed by atoms with E-state index in [1.807, 2.05) is 0 Å². The van der Waals surface area contributed by atoms with E-state index in [-0.39, 0.29) is 23.4 Å². The fourth-order valence-electron chi connectivity index (χ4n) is 3.32. The van der Waals surface area contributed by atoms with Gasteiger partial charge in [-0.2, -0.15) is 0 Å². The highest BCUT2D eigenvalue weighted by molar-refractivity contribution is 7.93. The van der Waals surface area contributed by atoms with Gasteiger partial charge in [0.15, 0.2) is 0 Å². The highest BCUT2D eigenvalue weighted by Crippen LogP contribution is 2.40. The number of nitrogens with two attached hydrogens (primary N) is 1. The molecule has 0 spiro atoms. The number of primary amides is 1. The van der Waals surface area contributed by atoms with Crippen LogP contribution in [0.15, 0.2) is 53.4 Å². The summed E-state index contributed by atoms with van der Waals surface area (Å²) in [7, 11) is -2.63. The second-order valence-electron chi connectivity index (χ2n) is 6.31. The first-order valence-corrected chi connectivity index (χ1v) is 10.2. The normalized spacial score (nSPS) is 11.9. The molecule has 0 atom stereocenters. The average molecular weight is 391 g/mol. The minimum atomic E-state index is -4.09. The van der Waals surface area contributed by atoms with E-state index < -0.39 is 21.5 Å². The van der Waals surface area contributed by atoms with Crippen LogP contribution in [-0.2, 0) is 14.8 Å². The average Bonchev–Trinajstić information content (AvgIpc) is 2.65. The van der Waals surface area contributed by atoms with Gasteiger partial charge in [-0.3, -0.25) is 4.79 Å². The number of hydrogen-bond donors (Lipinski definition) is 1. The predicted molar refractivity (Wildman–Crippen MR) is 106 cm³/mol. The van der Waals surface area contributed by atoms with Gasteiger partial charge in [0.2, 0.25) is 5.91 Å². The summed E-state index contributed by atoms with van der Waals surface area (Å²) in [5.41, 5.74) is 5.20. The number of methoxy groups -OCH3 is 1. The third-order valence-corrected chi connectivity index (χ3v) is 6.97. The molecule has 0 unspecified atom stereocenters. The molecule has 0 saturated heterocycles. The fraction of sp³-hybridized carbons (Fsp3) is 0.350. The number of amides is 1. The third-order valence-electron chi connectivity index (χ3n) is 4.93. The molecule has 2 aromatic carbocycles. The van der Waals surface area contributed by atoms with E-state index in [4.69, 9.17) is 10.5 Å². The number of para-hydroxylation sites is 2. The van der Waals surface area contributed by atoms with Crippen molar-refractivity contribution in [1.29, 1.82) is 0 Å². The van der Waals surface area contributed by atoms with Crippen molar-refractivity contribution in [1.82, 2.24) is 0 Å². The van der Waals surface area contributed by atoms with E-state index in [0.29, 0.717) is 11.3 Å². The van der Waals surface area contributed by atoms with Crippen LogP contribution in [-0.4, -0.2) is 27.0 Å². The molecule has 146 valence electrons. The maximum Gasteiger partial charge on any atom is 0.265 e. The molecule has 0 radical (unpaired) electrons. The lowest BCUT2D eigenvalue weighted by Gasteiger charge is -2.41. The number of carbonyl (C=O) groups excluding carboxylic acids is 1. The van der Waals surface area contributed by atoms with Gasteiger partial charge in [-0.25, -0.2) is 12.7 Å². The van der Waals surface area contributed by atoms with Crippen LogP contribution < -0.4 is 14.8 Å². The van der Waals surface area contributed by atoms with E-state index in [1.54, 1.807) is 63.2 Å². The maximum atomic E-state index is 13.8. The van der Waals surface area contributed by atoms with E-state index in [2.05, 4.69) is 0 Å². The zero-order valence-electron chi connectivity index (χ0n) is 16.1. The van der Waals surface area contributed by atoms with Crippen LogP contribution in [0.5, 0.6) is 5.75 Å². The molecular formula is C20H26N2O4S. The Morgan fingerprint density at radius 2 is 1.63 bits per heavy atom. The molecule has 27 heavy (non-hydrogen) atoms. The molecule has 7 heteroatoms. The van der Waals surface area contributed by atoms with Crippen LogP contribution >= 0.6 is 0 Å². The van der Waals surface area contributed by atoms with E-state index in [9.17, 15) is 13.2 Å². The van der Waals surface area contributed by atoms with Gasteiger partial charge >= 0.3 is 0 Å². The van der Waals surface area contributed by atoms with Crippen LogP contribution in [0, 0.1) is 6.92 Å². The Morgan fingerprint density at radius 3 is 2.15 bits per heavy atom. The molecule has 1 amide bonds. The number of hydrogen-bond acceptors (Lipinski definition) is 4. The minimum absolute atomic E-state index is 0.128. The standard InChI is InChI=1S/C20H26N2O4S/c1-5-20(6-2,19(21)23)22(16-12-8-9-13-17(16)26-4)27(24,25)18-14-10-7-11-15(18)3/h7-14H,5-6H2,1-4H3,(H2,21,23). The summed E-state index contributed by atoms with van der Waals surface area (Å²) in [6.45, 7) is 5.23. The molecular weight excluding hydrogens is 364 g/mol. The van der Waals surface area contributed by atoms with Crippen molar-refractivity contribution in [3.8, 4) is 5.75 Å². The number of benzene rings is 2. The molecule has 6 nitrogen and oxygen atoms in total. The van der Waals surface area contributed by atoms with Crippen molar-refractivity contribution in [3.63, 3.8) is 0 Å². The van der Waals surface area contributed by atoms with Gasteiger partial charge in [0, 0.05) is 0 Å². The monoisotopic (exact) mass is 390 g/mol. The molecule has 2 rings (SSSR count). The Bertz CT molecular complexity index is 921. The van der Waals surface area contributed by atoms with Crippen LogP contribution in [0.2, 0.25) is 0 Å². The summed E-state index contributed by atoms with van der Waals surface area (Å²) < 4.78 is 34.0. The lowest BCUT2D eigenvalue weighted by molar-refractivity contribution is -0.123. The maximum absolute atomic E-state index is 13.8. The SMILES string of the molecule is CCC(CC)(C(N)=O)N(c1ccccc1OC)S(=O)(=O)c1ccccc1C. The van der Waals surface area contributed by atoms with Gasteiger partial charge in [0.1, 0.15) is 11.3 Å². The summed E-state index contributed by atoms with van der Waals surface area (Å²) in [6.07, 6.45) is 0.448. The fourth-order valence-corrected chi connectivity index (χ4v) is 5.46. The zero-order valence-corrected chi connectivity index (χ0v) is 16.9. The van der Waals surface area contributed by atoms with Gasteiger partial charge < -0.3 is 10.5 Å². The van der Waals surface area contributed by atoms with Crippen LogP contribution in [0.25, 0.3) is 0 Å². The largest absolute Gasteiger partial charge is 0.495 e. The third kappa shape index (κ3) is 3.51. The molecule has 0 aliphatic carbocycles. The van der Waals surface area contributed by atoms with E-state index in [0.717, 1.165) is 4.31 Å². The lowest BCUT2D eigenvalue weighted by atomic mass is 9.91. The number of ether oxygens (including phenoxy) is 1. The molecule has 0 heterocycles. The van der Waals surface area contributed by atoms with Crippen molar-refractivity contribution in [2.45, 2.75) is 44.0 Å². The number of anilines is 1. The lowest BCUT2D eigenvalue weighted by Crippen LogP contribution is -2.59. The van der Waals surface area contributed by atoms with E-state index in [1.165, 1.54) is 13.2 Å². The first kappa shape index (κ1) is 20.8. The van der Waals surface area contributed by atoms with Crippen LogP contribution in [0.4, 0.5) is 5.69 Å². The van der Waals surface area contributed by atoms with Gasteiger partial charge in [0.05, 0.1) is 17.7 Å².